The van der Waals surface area contributed by atoms with E-state index in [1.165, 1.54) is 16.7 Å². The molecule has 0 radical (unpaired) electrons. The Labute approximate surface area is 113 Å². The first kappa shape index (κ1) is 12.2. The Morgan fingerprint density at radius 2 is 1.79 bits per heavy atom. The van der Waals surface area contributed by atoms with Crippen molar-refractivity contribution in [2.75, 3.05) is 7.11 Å². The van der Waals surface area contributed by atoms with E-state index in [0.29, 0.717) is 5.78 Å². The first-order valence-corrected chi connectivity index (χ1v) is 6.88. The molecule has 98 valence electrons. The minimum absolute atomic E-state index is 0.367. The fourth-order valence-electron chi connectivity index (χ4n) is 2.95. The standard InChI is InChI=1S/C17H18O2/c1-19-15-8-5-12(6-9-15)13-7-10-16-14(11-13)3-2-4-17(16)18/h5-6,8-9,11H,2-4,7,10H2,1H3. The summed E-state index contributed by atoms with van der Waals surface area (Å²) in [6.07, 6.45) is 6.91. The second kappa shape index (κ2) is 5.04. The normalized spacial score (nSPS) is 19.0. The fourth-order valence-corrected chi connectivity index (χ4v) is 2.95. The molecule has 0 unspecified atom stereocenters. The number of carbonyl (C=O) groups is 1. The average Bonchev–Trinajstić information content (AvgIpc) is 2.47. The highest BCUT2D eigenvalue weighted by molar-refractivity contribution is 5.98. The van der Waals surface area contributed by atoms with Crippen LogP contribution in [0, 0.1) is 0 Å². The van der Waals surface area contributed by atoms with Crippen molar-refractivity contribution in [1.29, 1.82) is 0 Å². The van der Waals surface area contributed by atoms with Crippen molar-refractivity contribution in [3.63, 3.8) is 0 Å². The van der Waals surface area contributed by atoms with Crippen molar-refractivity contribution in [3.8, 4) is 5.75 Å². The molecule has 0 saturated carbocycles. The topological polar surface area (TPSA) is 26.3 Å². The highest BCUT2D eigenvalue weighted by Crippen LogP contribution is 2.36. The molecule has 0 spiro atoms. The highest BCUT2D eigenvalue weighted by atomic mass is 16.5. The van der Waals surface area contributed by atoms with E-state index >= 15 is 0 Å². The maximum atomic E-state index is 11.9. The van der Waals surface area contributed by atoms with Gasteiger partial charge in [0.05, 0.1) is 7.11 Å². The molecule has 0 fully saturated rings. The van der Waals surface area contributed by atoms with E-state index in [-0.39, 0.29) is 0 Å². The second-order valence-corrected chi connectivity index (χ2v) is 5.18. The molecule has 0 amide bonds. The van der Waals surface area contributed by atoms with Crippen LogP contribution >= 0.6 is 0 Å². The van der Waals surface area contributed by atoms with Gasteiger partial charge in [-0.05, 0) is 60.1 Å². The van der Waals surface area contributed by atoms with E-state index in [0.717, 1.165) is 43.4 Å². The van der Waals surface area contributed by atoms with Gasteiger partial charge in [-0.15, -0.1) is 0 Å². The van der Waals surface area contributed by atoms with Crippen molar-refractivity contribution in [1.82, 2.24) is 0 Å². The Kier molecular flexibility index (Phi) is 3.24. The number of methoxy groups -OCH3 is 1. The molecule has 2 heteroatoms. The Bertz CT molecular complexity index is 561. The van der Waals surface area contributed by atoms with E-state index < -0.39 is 0 Å². The average molecular weight is 254 g/mol. The van der Waals surface area contributed by atoms with E-state index in [9.17, 15) is 4.79 Å². The maximum absolute atomic E-state index is 11.9. The Morgan fingerprint density at radius 1 is 1.00 bits per heavy atom. The molecule has 0 aliphatic heterocycles. The molecule has 0 heterocycles. The lowest BCUT2D eigenvalue weighted by Crippen LogP contribution is -2.13. The van der Waals surface area contributed by atoms with Crippen LogP contribution in [0.15, 0.2) is 41.5 Å². The zero-order valence-electron chi connectivity index (χ0n) is 11.2. The number of ketones is 1. The van der Waals surface area contributed by atoms with Crippen LogP contribution in [0.4, 0.5) is 0 Å². The van der Waals surface area contributed by atoms with Gasteiger partial charge >= 0.3 is 0 Å². The lowest BCUT2D eigenvalue weighted by molar-refractivity contribution is -0.116. The first-order chi connectivity index (χ1) is 9.28. The van der Waals surface area contributed by atoms with Crippen molar-refractivity contribution in [2.45, 2.75) is 32.1 Å². The zero-order chi connectivity index (χ0) is 13.2. The molecule has 0 bridgehead atoms. The van der Waals surface area contributed by atoms with Crippen LogP contribution in [0.3, 0.4) is 0 Å². The van der Waals surface area contributed by atoms with Gasteiger partial charge in [-0.25, -0.2) is 0 Å². The molecular weight excluding hydrogens is 236 g/mol. The number of hydrogen-bond acceptors (Lipinski definition) is 2. The quantitative estimate of drug-likeness (QED) is 0.799. The van der Waals surface area contributed by atoms with Crippen LogP contribution in [-0.2, 0) is 4.79 Å². The van der Waals surface area contributed by atoms with E-state index in [2.05, 4.69) is 18.2 Å². The van der Waals surface area contributed by atoms with Gasteiger partial charge in [-0.3, -0.25) is 4.79 Å². The third kappa shape index (κ3) is 2.35. The van der Waals surface area contributed by atoms with E-state index in [1.807, 2.05) is 12.1 Å². The van der Waals surface area contributed by atoms with Gasteiger partial charge in [0.1, 0.15) is 5.75 Å². The number of Topliss-reactive ketones (excluding diaryl/α,β-unsaturated/α-hetero) is 1. The number of hydrogen-bond donors (Lipinski definition) is 0. The molecule has 0 atom stereocenters. The Hall–Kier alpha value is -1.83. The molecular formula is C17H18O2. The van der Waals surface area contributed by atoms with Crippen LogP contribution < -0.4 is 4.74 Å². The largest absolute Gasteiger partial charge is 0.497 e. The molecule has 3 rings (SSSR count). The lowest BCUT2D eigenvalue weighted by Gasteiger charge is -2.23. The Morgan fingerprint density at radius 3 is 2.53 bits per heavy atom. The monoisotopic (exact) mass is 254 g/mol. The Balaban J connectivity index is 1.91. The summed E-state index contributed by atoms with van der Waals surface area (Å²) in [5, 5.41) is 0. The van der Waals surface area contributed by atoms with Crippen LogP contribution in [0.5, 0.6) is 5.75 Å². The van der Waals surface area contributed by atoms with E-state index in [4.69, 9.17) is 4.74 Å². The summed E-state index contributed by atoms with van der Waals surface area (Å²) in [5.74, 6) is 1.25. The number of benzene rings is 1. The lowest BCUT2D eigenvalue weighted by atomic mass is 9.81. The van der Waals surface area contributed by atoms with Crippen molar-refractivity contribution < 1.29 is 9.53 Å². The minimum Gasteiger partial charge on any atom is -0.497 e. The molecule has 2 aliphatic rings. The van der Waals surface area contributed by atoms with Crippen LogP contribution in [0.25, 0.3) is 5.57 Å². The summed E-state index contributed by atoms with van der Waals surface area (Å²) in [4.78, 5) is 11.9. The van der Waals surface area contributed by atoms with Gasteiger partial charge in [0.2, 0.25) is 0 Å². The van der Waals surface area contributed by atoms with Crippen LogP contribution in [0.2, 0.25) is 0 Å². The maximum Gasteiger partial charge on any atom is 0.159 e. The zero-order valence-corrected chi connectivity index (χ0v) is 11.2. The van der Waals surface area contributed by atoms with Gasteiger partial charge in [-0.2, -0.15) is 0 Å². The van der Waals surface area contributed by atoms with Crippen molar-refractivity contribution >= 4 is 11.4 Å². The number of ether oxygens (including phenoxy) is 1. The van der Waals surface area contributed by atoms with Crippen LogP contribution in [0.1, 0.15) is 37.7 Å². The molecule has 0 aromatic heterocycles. The third-order valence-electron chi connectivity index (χ3n) is 4.03. The van der Waals surface area contributed by atoms with Gasteiger partial charge in [-0.1, -0.05) is 18.2 Å². The molecule has 19 heavy (non-hydrogen) atoms. The number of rotatable bonds is 2. The number of allylic oxidation sites excluding steroid dienone is 4. The molecule has 2 nitrogen and oxygen atoms in total. The van der Waals surface area contributed by atoms with Crippen molar-refractivity contribution in [3.05, 3.63) is 47.1 Å². The second-order valence-electron chi connectivity index (χ2n) is 5.18. The van der Waals surface area contributed by atoms with E-state index in [1.54, 1.807) is 7.11 Å². The summed E-state index contributed by atoms with van der Waals surface area (Å²) in [7, 11) is 1.68. The summed E-state index contributed by atoms with van der Waals surface area (Å²) in [6, 6.07) is 8.18. The van der Waals surface area contributed by atoms with Gasteiger partial charge in [0.15, 0.2) is 5.78 Å². The highest BCUT2D eigenvalue weighted by Gasteiger charge is 2.23. The summed E-state index contributed by atoms with van der Waals surface area (Å²) < 4.78 is 5.18. The predicted octanol–water partition coefficient (Wildman–Crippen LogP) is 3.92. The smallest absolute Gasteiger partial charge is 0.159 e. The molecule has 1 aromatic carbocycles. The van der Waals surface area contributed by atoms with Gasteiger partial charge in [0.25, 0.3) is 0 Å². The summed E-state index contributed by atoms with van der Waals surface area (Å²) in [6.45, 7) is 0. The molecule has 0 saturated heterocycles. The van der Waals surface area contributed by atoms with Crippen molar-refractivity contribution in [2.24, 2.45) is 0 Å². The SMILES string of the molecule is COc1ccc(C2=CC3=C(CC2)C(=O)CCC3)cc1. The summed E-state index contributed by atoms with van der Waals surface area (Å²) >= 11 is 0. The predicted molar refractivity (Wildman–Crippen MR) is 76.1 cm³/mol. The fraction of sp³-hybridized carbons (Fsp3) is 0.353. The first-order valence-electron chi connectivity index (χ1n) is 6.88. The van der Waals surface area contributed by atoms with Gasteiger partial charge in [0, 0.05) is 6.42 Å². The van der Waals surface area contributed by atoms with Gasteiger partial charge < -0.3 is 4.74 Å². The molecule has 2 aliphatic carbocycles. The molecule has 0 N–H and O–H groups in total. The third-order valence-corrected chi connectivity index (χ3v) is 4.03. The molecule has 1 aromatic rings. The minimum atomic E-state index is 0.367. The summed E-state index contributed by atoms with van der Waals surface area (Å²) in [5.41, 5.74) is 4.94. The number of carbonyl (C=O) groups excluding carboxylic acids is 1. The van der Waals surface area contributed by atoms with Crippen LogP contribution in [-0.4, -0.2) is 12.9 Å².